The summed E-state index contributed by atoms with van der Waals surface area (Å²) in [4.78, 5) is 2.14. The minimum absolute atomic E-state index is 0.0306. The van der Waals surface area contributed by atoms with Crippen LogP contribution in [0.5, 0.6) is 0 Å². The fraction of sp³-hybridized carbons (Fsp3) is 0.545. The molecule has 0 saturated heterocycles. The third kappa shape index (κ3) is 2.95. The lowest BCUT2D eigenvalue weighted by atomic mass is 10.1. The van der Waals surface area contributed by atoms with Crippen LogP contribution < -0.4 is 0 Å². The predicted octanol–water partition coefficient (Wildman–Crippen LogP) is 2.43. The monoisotopic (exact) mass is 278 g/mol. The maximum atomic E-state index is 12.3. The Balaban J connectivity index is 3.25. The first-order chi connectivity index (χ1) is 8.42. The van der Waals surface area contributed by atoms with Crippen molar-refractivity contribution < 1.29 is 17.7 Å². The summed E-state index contributed by atoms with van der Waals surface area (Å²) in [7, 11) is 0.201. The van der Waals surface area contributed by atoms with Crippen LogP contribution in [0.15, 0.2) is 26.7 Å². The number of nitrogens with zero attached hydrogens (tertiary/aromatic N) is 2. The number of halogens is 2. The molecule has 0 aromatic heterocycles. The van der Waals surface area contributed by atoms with Crippen LogP contribution in [0.3, 0.4) is 0 Å². The van der Waals surface area contributed by atoms with E-state index in [1.165, 1.54) is 6.92 Å². The third-order valence-electron chi connectivity index (χ3n) is 2.54. The van der Waals surface area contributed by atoms with Crippen LogP contribution >= 0.6 is 0 Å². The molecular formula is C11H16F2N2O2S. The molecule has 0 spiro atoms. The van der Waals surface area contributed by atoms with Gasteiger partial charge in [0.05, 0.1) is 10.5 Å². The van der Waals surface area contributed by atoms with Crippen LogP contribution in [0.2, 0.25) is 0 Å². The molecule has 0 fully saturated rings. The standard InChI is InChI=1S/C11H16F2N2O2S/c1-5-8-9(7(3)17-11(12)13)10(14-18(8)16)15(4)6-2/h5,11H,6H2,1-4H3/b8-5+,9-7-. The maximum absolute atomic E-state index is 12.3. The van der Waals surface area contributed by atoms with E-state index in [0.29, 0.717) is 22.9 Å². The molecule has 0 N–H and O–H groups in total. The van der Waals surface area contributed by atoms with Gasteiger partial charge in [-0.2, -0.15) is 13.2 Å². The van der Waals surface area contributed by atoms with Crippen molar-refractivity contribution in [3.63, 3.8) is 0 Å². The quantitative estimate of drug-likeness (QED) is 0.745. The summed E-state index contributed by atoms with van der Waals surface area (Å²) in [5.74, 6) is 0.449. The molecule has 0 aliphatic carbocycles. The van der Waals surface area contributed by atoms with Crippen LogP contribution in [0.4, 0.5) is 8.78 Å². The highest BCUT2D eigenvalue weighted by molar-refractivity contribution is 7.88. The maximum Gasteiger partial charge on any atom is 0.387 e. The molecule has 1 unspecified atom stereocenters. The zero-order chi connectivity index (χ0) is 13.9. The van der Waals surface area contributed by atoms with Crippen molar-refractivity contribution in [1.29, 1.82) is 0 Å². The van der Waals surface area contributed by atoms with E-state index in [2.05, 4.69) is 9.13 Å². The molecule has 0 aromatic rings. The Morgan fingerprint density at radius 1 is 1.61 bits per heavy atom. The predicted molar refractivity (Wildman–Crippen MR) is 67.4 cm³/mol. The van der Waals surface area contributed by atoms with E-state index in [1.807, 2.05) is 6.92 Å². The molecule has 0 bridgehead atoms. The second-order valence-electron chi connectivity index (χ2n) is 3.64. The van der Waals surface area contributed by atoms with Crippen molar-refractivity contribution in [2.45, 2.75) is 27.4 Å². The average Bonchev–Trinajstić information content (AvgIpc) is 2.64. The summed E-state index contributed by atoms with van der Waals surface area (Å²) < 4.78 is 44.7. The lowest BCUT2D eigenvalue weighted by molar-refractivity contribution is -0.0958. The summed E-state index contributed by atoms with van der Waals surface area (Å²) in [6.45, 7) is 2.72. The molecule has 1 rings (SSSR count). The minimum Gasteiger partial charge on any atom is -0.439 e. The average molecular weight is 278 g/mol. The number of amidine groups is 1. The smallest absolute Gasteiger partial charge is 0.387 e. The van der Waals surface area contributed by atoms with Gasteiger partial charge in [-0.15, -0.1) is 0 Å². The molecule has 102 valence electrons. The highest BCUT2D eigenvalue weighted by Crippen LogP contribution is 2.30. The lowest BCUT2D eigenvalue weighted by Crippen LogP contribution is -2.27. The molecule has 0 amide bonds. The number of rotatable bonds is 3. The van der Waals surface area contributed by atoms with Gasteiger partial charge < -0.3 is 9.64 Å². The van der Waals surface area contributed by atoms with E-state index >= 15 is 0 Å². The molecule has 1 aliphatic rings. The van der Waals surface area contributed by atoms with Crippen LogP contribution in [0.1, 0.15) is 20.8 Å². The Bertz CT molecular complexity index is 444. The van der Waals surface area contributed by atoms with Gasteiger partial charge in [0.15, 0.2) is 16.8 Å². The Labute approximate surface area is 108 Å². The fourth-order valence-electron chi connectivity index (χ4n) is 1.55. The first-order valence-electron chi connectivity index (χ1n) is 5.46. The molecule has 0 saturated carbocycles. The van der Waals surface area contributed by atoms with Gasteiger partial charge in [-0.25, -0.2) is 4.21 Å². The molecular weight excluding hydrogens is 262 g/mol. The van der Waals surface area contributed by atoms with Crippen molar-refractivity contribution in [3.05, 3.63) is 22.3 Å². The zero-order valence-corrected chi connectivity index (χ0v) is 11.6. The highest BCUT2D eigenvalue weighted by Gasteiger charge is 2.30. The number of hydrogen-bond donors (Lipinski definition) is 0. The molecule has 18 heavy (non-hydrogen) atoms. The van der Waals surface area contributed by atoms with Crippen LogP contribution in [-0.2, 0) is 15.7 Å². The number of alkyl halides is 2. The van der Waals surface area contributed by atoms with Crippen molar-refractivity contribution in [3.8, 4) is 0 Å². The van der Waals surface area contributed by atoms with Crippen molar-refractivity contribution in [2.24, 2.45) is 4.40 Å². The molecule has 4 nitrogen and oxygen atoms in total. The summed E-state index contributed by atoms with van der Waals surface area (Å²) in [6, 6.07) is 0. The number of allylic oxidation sites excluding steroid dienone is 2. The van der Waals surface area contributed by atoms with Gasteiger partial charge in [-0.1, -0.05) is 6.08 Å². The zero-order valence-electron chi connectivity index (χ0n) is 10.7. The fourth-order valence-corrected chi connectivity index (χ4v) is 2.65. The summed E-state index contributed by atoms with van der Waals surface area (Å²) in [6.07, 6.45) is 1.60. The molecule has 0 radical (unpaired) electrons. The van der Waals surface area contributed by atoms with E-state index in [1.54, 1.807) is 24.9 Å². The normalized spacial score (nSPS) is 24.5. The van der Waals surface area contributed by atoms with Gasteiger partial charge >= 0.3 is 6.61 Å². The Hall–Kier alpha value is -1.24. The first-order valence-corrected chi connectivity index (χ1v) is 6.57. The number of likely N-dealkylation sites (N-methyl/N-ethyl adjacent to an activating group) is 1. The van der Waals surface area contributed by atoms with Gasteiger partial charge in [0.2, 0.25) is 0 Å². The molecule has 7 heteroatoms. The van der Waals surface area contributed by atoms with Gasteiger partial charge in [-0.05, 0) is 20.8 Å². The van der Waals surface area contributed by atoms with E-state index in [4.69, 9.17) is 0 Å². The minimum atomic E-state index is -2.90. The van der Waals surface area contributed by atoms with Gasteiger partial charge in [0, 0.05) is 13.6 Å². The molecule has 1 heterocycles. The third-order valence-corrected chi connectivity index (χ3v) is 3.70. The largest absolute Gasteiger partial charge is 0.439 e. The Kier molecular flexibility index (Phi) is 5.01. The molecule has 1 atom stereocenters. The summed E-state index contributed by atoms with van der Waals surface area (Å²) >= 11 is 0. The second-order valence-corrected chi connectivity index (χ2v) is 4.76. The van der Waals surface area contributed by atoms with Crippen molar-refractivity contribution in [1.82, 2.24) is 4.90 Å². The number of hydrogen-bond acceptors (Lipinski definition) is 3. The van der Waals surface area contributed by atoms with E-state index in [9.17, 15) is 13.0 Å². The number of ether oxygens (including phenoxy) is 1. The summed E-state index contributed by atoms with van der Waals surface area (Å²) in [5, 5.41) is 0. The second kappa shape index (κ2) is 6.08. The SMILES string of the molecule is C/C=C1\C(=C(/C)OC(F)F)C(N(C)CC)=NS1=O. The van der Waals surface area contributed by atoms with Gasteiger partial charge in [0.25, 0.3) is 0 Å². The summed E-state index contributed by atoms with van der Waals surface area (Å²) in [5.41, 5.74) is 0.389. The van der Waals surface area contributed by atoms with E-state index in [0.717, 1.165) is 0 Å². The van der Waals surface area contributed by atoms with Crippen LogP contribution in [0.25, 0.3) is 0 Å². The van der Waals surface area contributed by atoms with Crippen molar-refractivity contribution in [2.75, 3.05) is 13.6 Å². The lowest BCUT2D eigenvalue weighted by Gasteiger charge is -2.18. The van der Waals surface area contributed by atoms with Gasteiger partial charge in [0.1, 0.15) is 5.76 Å². The van der Waals surface area contributed by atoms with Crippen LogP contribution in [-0.4, -0.2) is 35.1 Å². The van der Waals surface area contributed by atoms with Crippen LogP contribution in [0, 0.1) is 0 Å². The highest BCUT2D eigenvalue weighted by atomic mass is 32.2. The molecule has 1 aliphatic heterocycles. The van der Waals surface area contributed by atoms with E-state index < -0.39 is 17.6 Å². The molecule has 0 aromatic carbocycles. The van der Waals surface area contributed by atoms with Gasteiger partial charge in [-0.3, -0.25) is 0 Å². The Morgan fingerprint density at radius 2 is 2.22 bits per heavy atom. The van der Waals surface area contributed by atoms with Crippen molar-refractivity contribution >= 4 is 16.8 Å². The van der Waals surface area contributed by atoms with E-state index in [-0.39, 0.29) is 5.76 Å². The first kappa shape index (κ1) is 14.8. The topological polar surface area (TPSA) is 41.9 Å². The Morgan fingerprint density at radius 3 is 2.67 bits per heavy atom.